The van der Waals surface area contributed by atoms with E-state index >= 15 is 0 Å². The molecule has 4 nitrogen and oxygen atoms in total. The van der Waals surface area contributed by atoms with Crippen molar-refractivity contribution in [3.63, 3.8) is 0 Å². The lowest BCUT2D eigenvalue weighted by Crippen LogP contribution is -2.22. The van der Waals surface area contributed by atoms with Crippen molar-refractivity contribution in [1.29, 1.82) is 0 Å². The molecule has 0 amide bonds. The quantitative estimate of drug-likeness (QED) is 0.451. The van der Waals surface area contributed by atoms with Gasteiger partial charge in [-0.15, -0.1) is 0 Å². The molecule has 0 aliphatic carbocycles. The Morgan fingerprint density at radius 1 is 1.32 bits per heavy atom. The van der Waals surface area contributed by atoms with Gasteiger partial charge in [0.25, 0.3) is 0 Å². The number of nitrogens with zero attached hydrogens (tertiary/aromatic N) is 1. The highest BCUT2D eigenvalue weighted by Gasteiger charge is 2.10. The van der Waals surface area contributed by atoms with E-state index in [1.807, 2.05) is 20.8 Å². The van der Waals surface area contributed by atoms with E-state index in [0.717, 1.165) is 5.56 Å². The number of aromatic hydroxyl groups is 2. The standard InChI is InChI=1S/C14H20N2O2S/c1-5-10-6-11(13(18)7-12(10)17)9(4)15-16-14(19)8(2)3/h6-8,17-18H,5H2,1-4H3,(H,16,19)/b15-9+. The number of aryl methyl sites for hydroxylation is 1. The van der Waals surface area contributed by atoms with Crippen LogP contribution in [0.1, 0.15) is 38.8 Å². The van der Waals surface area contributed by atoms with Gasteiger partial charge in [0.2, 0.25) is 0 Å². The molecule has 19 heavy (non-hydrogen) atoms. The molecule has 0 fully saturated rings. The maximum absolute atomic E-state index is 9.85. The van der Waals surface area contributed by atoms with E-state index in [1.165, 1.54) is 6.07 Å². The number of rotatable bonds is 4. The number of hydrogen-bond donors (Lipinski definition) is 3. The summed E-state index contributed by atoms with van der Waals surface area (Å²) in [6, 6.07) is 3.08. The lowest BCUT2D eigenvalue weighted by molar-refractivity contribution is 0.445. The lowest BCUT2D eigenvalue weighted by atomic mass is 10.0. The van der Waals surface area contributed by atoms with Crippen molar-refractivity contribution in [2.24, 2.45) is 11.0 Å². The maximum atomic E-state index is 9.85. The summed E-state index contributed by atoms with van der Waals surface area (Å²) >= 11 is 5.13. The van der Waals surface area contributed by atoms with Crippen LogP contribution in [0.15, 0.2) is 17.2 Å². The monoisotopic (exact) mass is 280 g/mol. The molecule has 3 N–H and O–H groups in total. The Bertz CT molecular complexity index is 510. The van der Waals surface area contributed by atoms with Crippen LogP contribution in [-0.4, -0.2) is 20.9 Å². The van der Waals surface area contributed by atoms with Gasteiger partial charge in [-0.2, -0.15) is 5.10 Å². The minimum Gasteiger partial charge on any atom is -0.508 e. The molecule has 0 atom stereocenters. The Balaban J connectivity index is 3.02. The van der Waals surface area contributed by atoms with E-state index in [4.69, 9.17) is 12.2 Å². The first-order chi connectivity index (χ1) is 8.86. The zero-order chi connectivity index (χ0) is 14.6. The van der Waals surface area contributed by atoms with E-state index in [0.29, 0.717) is 22.7 Å². The molecule has 1 aromatic carbocycles. The highest BCUT2D eigenvalue weighted by molar-refractivity contribution is 7.80. The number of hydrogen-bond acceptors (Lipinski definition) is 4. The van der Waals surface area contributed by atoms with Crippen LogP contribution in [0.25, 0.3) is 0 Å². The van der Waals surface area contributed by atoms with Crippen molar-refractivity contribution in [2.75, 3.05) is 0 Å². The molecule has 0 saturated heterocycles. The fraction of sp³-hybridized carbons (Fsp3) is 0.429. The summed E-state index contributed by atoms with van der Waals surface area (Å²) in [5.74, 6) is 0.321. The molecule has 0 aliphatic rings. The van der Waals surface area contributed by atoms with Crippen molar-refractivity contribution >= 4 is 22.9 Å². The molecule has 0 aliphatic heterocycles. The van der Waals surface area contributed by atoms with Crippen LogP contribution in [0.2, 0.25) is 0 Å². The molecule has 0 unspecified atom stereocenters. The molecule has 0 aromatic heterocycles. The van der Waals surface area contributed by atoms with E-state index in [2.05, 4.69) is 10.5 Å². The largest absolute Gasteiger partial charge is 0.508 e. The molecule has 5 heteroatoms. The smallest absolute Gasteiger partial charge is 0.128 e. The second kappa shape index (κ2) is 6.52. The predicted octanol–water partition coefficient (Wildman–Crippen LogP) is 2.96. The number of benzene rings is 1. The van der Waals surface area contributed by atoms with Crippen molar-refractivity contribution in [2.45, 2.75) is 34.1 Å². The third-order valence-electron chi connectivity index (χ3n) is 2.83. The van der Waals surface area contributed by atoms with E-state index < -0.39 is 0 Å². The van der Waals surface area contributed by atoms with Gasteiger partial charge < -0.3 is 10.2 Å². The fourth-order valence-electron chi connectivity index (χ4n) is 1.52. The highest BCUT2D eigenvalue weighted by Crippen LogP contribution is 2.28. The first-order valence-corrected chi connectivity index (χ1v) is 6.67. The molecule has 0 radical (unpaired) electrons. The second-order valence-electron chi connectivity index (χ2n) is 4.68. The molecule has 0 saturated carbocycles. The van der Waals surface area contributed by atoms with Gasteiger partial charge in [0.15, 0.2) is 0 Å². The van der Waals surface area contributed by atoms with Crippen LogP contribution in [0, 0.1) is 5.92 Å². The molecular formula is C14H20N2O2S. The average Bonchev–Trinajstić information content (AvgIpc) is 2.35. The van der Waals surface area contributed by atoms with Gasteiger partial charge in [0, 0.05) is 17.5 Å². The fourth-order valence-corrected chi connectivity index (χ4v) is 1.57. The number of phenolic OH excluding ortho intramolecular Hbond substituents is 2. The summed E-state index contributed by atoms with van der Waals surface area (Å²) < 4.78 is 0. The Kier molecular flexibility index (Phi) is 5.30. The minimum atomic E-state index is 0.00761. The summed E-state index contributed by atoms with van der Waals surface area (Å²) in [6.07, 6.45) is 0.685. The molecule has 0 heterocycles. The Morgan fingerprint density at radius 3 is 2.47 bits per heavy atom. The summed E-state index contributed by atoms with van der Waals surface area (Å²) in [6.45, 7) is 7.68. The number of phenols is 2. The molecular weight excluding hydrogens is 260 g/mol. The first-order valence-electron chi connectivity index (χ1n) is 6.26. The zero-order valence-corrected chi connectivity index (χ0v) is 12.5. The van der Waals surface area contributed by atoms with Crippen molar-refractivity contribution < 1.29 is 10.2 Å². The topological polar surface area (TPSA) is 64.9 Å². The molecule has 104 valence electrons. The van der Waals surface area contributed by atoms with Gasteiger partial charge in [0.05, 0.1) is 10.7 Å². The minimum absolute atomic E-state index is 0.00761. The highest BCUT2D eigenvalue weighted by atomic mass is 32.1. The summed E-state index contributed by atoms with van der Waals surface area (Å²) in [7, 11) is 0. The SMILES string of the molecule is CCc1cc(/C(C)=N/NC(=S)C(C)C)c(O)cc1O. The number of thiocarbonyl (C=S) groups is 1. The molecule has 1 aromatic rings. The Hall–Kier alpha value is -1.62. The third-order valence-corrected chi connectivity index (χ3v) is 3.39. The molecule has 0 bridgehead atoms. The maximum Gasteiger partial charge on any atom is 0.128 e. The number of hydrazone groups is 1. The number of nitrogens with one attached hydrogen (secondary N) is 1. The van der Waals surface area contributed by atoms with Crippen LogP contribution < -0.4 is 5.43 Å². The zero-order valence-electron chi connectivity index (χ0n) is 11.7. The normalized spacial score (nSPS) is 11.7. The van der Waals surface area contributed by atoms with E-state index in [9.17, 15) is 10.2 Å². The van der Waals surface area contributed by atoms with Crippen molar-refractivity contribution in [3.8, 4) is 11.5 Å². The van der Waals surface area contributed by atoms with Crippen molar-refractivity contribution in [1.82, 2.24) is 5.43 Å². The van der Waals surface area contributed by atoms with Gasteiger partial charge in [0.1, 0.15) is 11.5 Å². The van der Waals surface area contributed by atoms with Crippen LogP contribution in [0.3, 0.4) is 0 Å². The van der Waals surface area contributed by atoms with Gasteiger partial charge in [-0.05, 0) is 25.0 Å². The van der Waals surface area contributed by atoms with E-state index in [1.54, 1.807) is 13.0 Å². The van der Waals surface area contributed by atoms with Gasteiger partial charge in [-0.3, -0.25) is 5.43 Å². The molecule has 0 spiro atoms. The summed E-state index contributed by atoms with van der Waals surface area (Å²) in [5.41, 5.74) is 4.79. The first kappa shape index (κ1) is 15.4. The van der Waals surface area contributed by atoms with E-state index in [-0.39, 0.29) is 17.4 Å². The Labute approximate surface area is 119 Å². The molecule has 1 rings (SSSR count). The van der Waals surface area contributed by atoms with Gasteiger partial charge in [-0.1, -0.05) is 33.0 Å². The van der Waals surface area contributed by atoms with Crippen LogP contribution in [0.5, 0.6) is 11.5 Å². The lowest BCUT2D eigenvalue weighted by Gasteiger charge is -2.10. The van der Waals surface area contributed by atoms with Crippen LogP contribution in [-0.2, 0) is 6.42 Å². The third kappa shape index (κ3) is 3.92. The van der Waals surface area contributed by atoms with Gasteiger partial charge in [-0.25, -0.2) is 0 Å². The predicted molar refractivity (Wildman–Crippen MR) is 81.9 cm³/mol. The summed E-state index contributed by atoms with van der Waals surface area (Å²) in [5, 5.41) is 23.7. The average molecular weight is 280 g/mol. The van der Waals surface area contributed by atoms with Gasteiger partial charge >= 0.3 is 0 Å². The Morgan fingerprint density at radius 2 is 1.95 bits per heavy atom. The van der Waals surface area contributed by atoms with Crippen LogP contribution >= 0.6 is 12.2 Å². The second-order valence-corrected chi connectivity index (χ2v) is 5.12. The van der Waals surface area contributed by atoms with Crippen LogP contribution in [0.4, 0.5) is 0 Å². The van der Waals surface area contributed by atoms with Crippen molar-refractivity contribution in [3.05, 3.63) is 23.3 Å². The summed E-state index contributed by atoms with van der Waals surface area (Å²) in [4.78, 5) is 0.647.